The highest BCUT2D eigenvalue weighted by molar-refractivity contribution is 5.90. The largest absolute Gasteiger partial charge is 0.456 e. The number of ether oxygens (including phenoxy) is 2. The molecule has 0 saturated carbocycles. The third-order valence-electron chi connectivity index (χ3n) is 5.39. The maximum absolute atomic E-state index is 14.9. The predicted octanol–water partition coefficient (Wildman–Crippen LogP) is 3.24. The molecular weight excluding hydrogens is 459 g/mol. The van der Waals surface area contributed by atoms with Gasteiger partial charge in [-0.3, -0.25) is 14.7 Å². The molecule has 1 aromatic carbocycles. The second-order valence-electron chi connectivity index (χ2n) is 8.00. The van der Waals surface area contributed by atoms with E-state index in [1.807, 2.05) is 0 Å². The minimum absolute atomic E-state index is 0.0199. The lowest BCUT2D eigenvalue weighted by molar-refractivity contribution is -0.143. The van der Waals surface area contributed by atoms with Gasteiger partial charge in [-0.25, -0.2) is 9.18 Å². The zero-order valence-electron chi connectivity index (χ0n) is 18.9. The van der Waals surface area contributed by atoms with Crippen molar-refractivity contribution in [3.8, 4) is 22.5 Å². The number of halogens is 1. The second-order valence-corrected chi connectivity index (χ2v) is 8.00. The molecule has 1 saturated heterocycles. The van der Waals surface area contributed by atoms with Gasteiger partial charge in [-0.05, 0) is 37.6 Å². The fraction of sp³-hybridized carbons (Fsp3) is 0.292. The maximum atomic E-state index is 14.9. The van der Waals surface area contributed by atoms with Crippen LogP contribution in [-0.2, 0) is 25.7 Å². The lowest BCUT2D eigenvalue weighted by Gasteiger charge is -2.14. The number of nitrogens with zero attached hydrogens (tertiary/aromatic N) is 3. The molecule has 2 N–H and O–H groups in total. The molecule has 0 bridgehead atoms. The Morgan fingerprint density at radius 1 is 1.23 bits per heavy atom. The first-order valence-electron chi connectivity index (χ1n) is 10.9. The van der Waals surface area contributed by atoms with Crippen molar-refractivity contribution in [2.75, 3.05) is 18.0 Å². The molecule has 1 fully saturated rings. The molecule has 2 aromatic heterocycles. The number of pyridine rings is 1. The Balaban J connectivity index is 1.44. The number of aromatic nitrogens is 2. The first-order valence-corrected chi connectivity index (χ1v) is 10.9. The lowest BCUT2D eigenvalue weighted by atomic mass is 10.1. The van der Waals surface area contributed by atoms with E-state index in [0.717, 1.165) is 0 Å². The summed E-state index contributed by atoms with van der Waals surface area (Å²) in [4.78, 5) is 40.2. The minimum Gasteiger partial charge on any atom is -0.456 e. The molecule has 11 heteroatoms. The van der Waals surface area contributed by atoms with Gasteiger partial charge in [-0.1, -0.05) is 11.2 Å². The number of anilines is 1. The highest BCUT2D eigenvalue weighted by Gasteiger charge is 2.32. The predicted molar refractivity (Wildman–Crippen MR) is 122 cm³/mol. The first kappa shape index (κ1) is 24.0. The fourth-order valence-corrected chi connectivity index (χ4v) is 3.57. The zero-order chi connectivity index (χ0) is 24.9. The number of hydrogen-bond acceptors (Lipinski definition) is 9. The van der Waals surface area contributed by atoms with Gasteiger partial charge < -0.3 is 24.5 Å². The average molecular weight is 482 g/mol. The number of amides is 1. The van der Waals surface area contributed by atoms with Crippen molar-refractivity contribution < 1.29 is 32.8 Å². The number of rotatable bonds is 9. The van der Waals surface area contributed by atoms with Crippen molar-refractivity contribution in [2.24, 2.45) is 5.73 Å². The van der Waals surface area contributed by atoms with Crippen LogP contribution in [0.1, 0.15) is 25.5 Å². The van der Waals surface area contributed by atoms with Crippen LogP contribution in [0.25, 0.3) is 22.5 Å². The molecule has 1 aliphatic rings. The summed E-state index contributed by atoms with van der Waals surface area (Å²) in [6.07, 6.45) is 1.27. The molecule has 1 amide bonds. The molecule has 1 atom stereocenters. The summed E-state index contributed by atoms with van der Waals surface area (Å²) in [7, 11) is 0. The van der Waals surface area contributed by atoms with Gasteiger partial charge in [0.25, 0.3) is 0 Å². The van der Waals surface area contributed by atoms with E-state index in [4.69, 9.17) is 19.7 Å². The van der Waals surface area contributed by atoms with Crippen LogP contribution in [0.2, 0.25) is 0 Å². The molecule has 0 spiro atoms. The van der Waals surface area contributed by atoms with E-state index in [1.165, 1.54) is 24.1 Å². The number of cyclic esters (lactones) is 1. The highest BCUT2D eigenvalue weighted by atomic mass is 19.1. The summed E-state index contributed by atoms with van der Waals surface area (Å²) in [5.41, 5.74) is 7.31. The Hall–Kier alpha value is -4.12. The van der Waals surface area contributed by atoms with Crippen molar-refractivity contribution in [1.29, 1.82) is 0 Å². The van der Waals surface area contributed by atoms with Gasteiger partial charge in [0, 0.05) is 29.8 Å². The fourth-order valence-electron chi connectivity index (χ4n) is 3.57. The van der Waals surface area contributed by atoms with Crippen molar-refractivity contribution in [3.05, 3.63) is 54.2 Å². The minimum atomic E-state index is -0.568. The Labute approximate surface area is 199 Å². The number of ketones is 1. The standard InChI is InChI=1S/C24H23FN4O6/c1-14(30)2-5-17-12-29(24(32)34-17)16-4-6-19(20(25)8-16)15-3-7-21(27-11-15)22-9-18(35-28-22)13-33-23(31)10-26/h3-4,6-9,11,17H,2,5,10,12-13,26H2,1H3/t17-/m0/s1. The molecule has 182 valence electrons. The van der Waals surface area contributed by atoms with Gasteiger partial charge in [-0.2, -0.15) is 0 Å². The summed E-state index contributed by atoms with van der Waals surface area (Å²) < 4.78 is 30.2. The van der Waals surface area contributed by atoms with Crippen LogP contribution in [-0.4, -0.2) is 47.2 Å². The Morgan fingerprint density at radius 2 is 2.06 bits per heavy atom. The van der Waals surface area contributed by atoms with Crippen LogP contribution in [0, 0.1) is 5.82 Å². The third kappa shape index (κ3) is 5.69. The van der Waals surface area contributed by atoms with Gasteiger partial charge >= 0.3 is 12.1 Å². The van der Waals surface area contributed by atoms with Crippen LogP contribution in [0.15, 0.2) is 47.1 Å². The lowest BCUT2D eigenvalue weighted by Crippen LogP contribution is -2.24. The zero-order valence-corrected chi connectivity index (χ0v) is 18.9. The molecule has 4 rings (SSSR count). The highest BCUT2D eigenvalue weighted by Crippen LogP contribution is 2.30. The number of esters is 1. The summed E-state index contributed by atoms with van der Waals surface area (Å²) in [5, 5.41) is 3.90. The molecule has 0 aliphatic carbocycles. The average Bonchev–Trinajstić information content (AvgIpc) is 3.48. The normalized spacial score (nSPS) is 15.2. The van der Waals surface area contributed by atoms with Crippen LogP contribution >= 0.6 is 0 Å². The summed E-state index contributed by atoms with van der Waals surface area (Å²) in [6, 6.07) is 9.40. The molecule has 1 aliphatic heterocycles. The summed E-state index contributed by atoms with van der Waals surface area (Å²) in [6.45, 7) is 1.41. The van der Waals surface area contributed by atoms with Gasteiger partial charge in [0.2, 0.25) is 0 Å². The van der Waals surface area contributed by atoms with Crippen LogP contribution in [0.3, 0.4) is 0 Å². The number of carbonyl (C=O) groups is 3. The molecule has 35 heavy (non-hydrogen) atoms. The molecule has 3 heterocycles. The smallest absolute Gasteiger partial charge is 0.414 e. The summed E-state index contributed by atoms with van der Waals surface area (Å²) in [5.74, 6) is -0.736. The number of carbonyl (C=O) groups excluding carboxylic acids is 3. The summed E-state index contributed by atoms with van der Waals surface area (Å²) >= 11 is 0. The van der Waals surface area contributed by atoms with Gasteiger partial charge in [0.15, 0.2) is 12.4 Å². The van der Waals surface area contributed by atoms with Crippen molar-refractivity contribution in [3.63, 3.8) is 0 Å². The molecular formula is C24H23FN4O6. The van der Waals surface area contributed by atoms with Crippen LogP contribution in [0.4, 0.5) is 14.9 Å². The van der Waals surface area contributed by atoms with Crippen LogP contribution in [0.5, 0.6) is 0 Å². The van der Waals surface area contributed by atoms with E-state index in [9.17, 15) is 18.8 Å². The number of nitrogens with two attached hydrogens (primary N) is 1. The van der Waals surface area contributed by atoms with E-state index >= 15 is 0 Å². The van der Waals surface area contributed by atoms with E-state index < -0.39 is 24.0 Å². The Morgan fingerprint density at radius 3 is 2.74 bits per heavy atom. The Kier molecular flexibility index (Phi) is 7.16. The number of hydrogen-bond donors (Lipinski definition) is 1. The molecule has 0 radical (unpaired) electrons. The number of benzene rings is 1. The van der Waals surface area contributed by atoms with Crippen molar-refractivity contribution in [1.82, 2.24) is 10.1 Å². The topological polar surface area (TPSA) is 138 Å². The molecule has 0 unspecified atom stereocenters. The SMILES string of the molecule is CC(=O)CC[C@H]1CN(c2ccc(-c3ccc(-c4cc(COC(=O)CN)on4)nc3)c(F)c2)C(=O)O1. The van der Waals surface area contributed by atoms with Gasteiger partial charge in [0.1, 0.15) is 23.4 Å². The van der Waals surface area contributed by atoms with E-state index in [2.05, 4.69) is 10.1 Å². The van der Waals surface area contributed by atoms with Crippen molar-refractivity contribution >= 4 is 23.5 Å². The van der Waals surface area contributed by atoms with Gasteiger partial charge in [-0.15, -0.1) is 0 Å². The maximum Gasteiger partial charge on any atom is 0.414 e. The van der Waals surface area contributed by atoms with E-state index in [-0.39, 0.29) is 25.5 Å². The monoisotopic (exact) mass is 482 g/mol. The second kappa shape index (κ2) is 10.4. The Bertz CT molecular complexity index is 1240. The molecule has 3 aromatic rings. The first-order chi connectivity index (χ1) is 16.8. The third-order valence-corrected chi connectivity index (χ3v) is 5.39. The number of Topliss-reactive ketones (excluding diaryl/α,β-unsaturated/α-hetero) is 1. The van der Waals surface area contributed by atoms with Gasteiger partial charge in [0.05, 0.1) is 24.5 Å². The van der Waals surface area contributed by atoms with Crippen molar-refractivity contribution in [2.45, 2.75) is 32.5 Å². The van der Waals surface area contributed by atoms with E-state index in [0.29, 0.717) is 46.8 Å². The van der Waals surface area contributed by atoms with Crippen LogP contribution < -0.4 is 10.6 Å². The molecule has 10 nitrogen and oxygen atoms in total. The van der Waals surface area contributed by atoms with E-state index in [1.54, 1.807) is 30.3 Å². The quantitative estimate of drug-likeness (QED) is 0.456.